The minimum atomic E-state index is -0.313. The number of hydrogen-bond acceptors (Lipinski definition) is 5. The number of carbonyl (C=O) groups excluding carboxylic acids is 1. The van der Waals surface area contributed by atoms with Gasteiger partial charge in [-0.1, -0.05) is 19.9 Å². The summed E-state index contributed by atoms with van der Waals surface area (Å²) in [6, 6.07) is 5.44. The predicted octanol–water partition coefficient (Wildman–Crippen LogP) is 1.38. The molecule has 0 spiro atoms. The van der Waals surface area contributed by atoms with Gasteiger partial charge in [-0.2, -0.15) is 0 Å². The minimum Gasteiger partial charge on any atom is -0.395 e. The number of amides is 1. The Morgan fingerprint density at radius 3 is 2.76 bits per heavy atom. The number of hydrogen-bond donors (Lipinski definition) is 2. The van der Waals surface area contributed by atoms with Crippen molar-refractivity contribution in [2.45, 2.75) is 19.8 Å². The molecule has 2 N–H and O–H groups in total. The molecule has 0 fully saturated rings. The molecule has 0 unspecified atom stereocenters. The number of pyridine rings is 1. The first kappa shape index (κ1) is 15.1. The molecular formula is C15H18N4O2. The van der Waals surface area contributed by atoms with E-state index in [-0.39, 0.29) is 25.0 Å². The van der Waals surface area contributed by atoms with Crippen LogP contribution in [0.3, 0.4) is 0 Å². The van der Waals surface area contributed by atoms with Gasteiger partial charge in [0, 0.05) is 24.5 Å². The van der Waals surface area contributed by atoms with E-state index in [2.05, 4.69) is 20.3 Å². The molecule has 6 heteroatoms. The molecule has 110 valence electrons. The molecule has 0 radical (unpaired) electrons. The largest absolute Gasteiger partial charge is 0.395 e. The zero-order chi connectivity index (χ0) is 15.2. The third kappa shape index (κ3) is 3.61. The molecule has 0 bridgehead atoms. The molecule has 21 heavy (non-hydrogen) atoms. The number of aromatic nitrogens is 3. The van der Waals surface area contributed by atoms with Crippen LogP contribution in [-0.2, 0) is 0 Å². The Kier molecular flexibility index (Phi) is 4.94. The zero-order valence-electron chi connectivity index (χ0n) is 12.1. The number of rotatable bonds is 5. The highest BCUT2D eigenvalue weighted by molar-refractivity contribution is 5.94. The summed E-state index contributed by atoms with van der Waals surface area (Å²) in [5, 5.41) is 11.4. The minimum absolute atomic E-state index is 0.110. The summed E-state index contributed by atoms with van der Waals surface area (Å²) in [5.41, 5.74) is 1.71. The van der Waals surface area contributed by atoms with Crippen LogP contribution >= 0.6 is 0 Å². The van der Waals surface area contributed by atoms with E-state index in [9.17, 15) is 4.79 Å². The van der Waals surface area contributed by atoms with Crippen LogP contribution in [0.4, 0.5) is 0 Å². The van der Waals surface area contributed by atoms with Crippen molar-refractivity contribution in [3.05, 3.63) is 41.9 Å². The predicted molar refractivity (Wildman–Crippen MR) is 78.8 cm³/mol. The quantitative estimate of drug-likeness (QED) is 0.867. The Balaban J connectivity index is 2.42. The summed E-state index contributed by atoms with van der Waals surface area (Å²) in [6.07, 6.45) is 3.32. The van der Waals surface area contributed by atoms with E-state index in [4.69, 9.17) is 5.11 Å². The number of carbonyl (C=O) groups is 1. The summed E-state index contributed by atoms with van der Waals surface area (Å²) in [5.74, 6) is 0.221. The Morgan fingerprint density at radius 1 is 1.33 bits per heavy atom. The van der Waals surface area contributed by atoms with Crippen molar-refractivity contribution in [1.29, 1.82) is 0 Å². The molecule has 0 aliphatic rings. The van der Waals surface area contributed by atoms with Gasteiger partial charge < -0.3 is 10.4 Å². The summed E-state index contributed by atoms with van der Waals surface area (Å²) in [6.45, 7) is 4.03. The average molecular weight is 286 g/mol. The summed E-state index contributed by atoms with van der Waals surface area (Å²) in [4.78, 5) is 25.0. The topological polar surface area (TPSA) is 88.0 Å². The average Bonchev–Trinajstić information content (AvgIpc) is 2.52. The van der Waals surface area contributed by atoms with Gasteiger partial charge in [-0.3, -0.25) is 9.78 Å². The van der Waals surface area contributed by atoms with Crippen LogP contribution < -0.4 is 5.32 Å². The van der Waals surface area contributed by atoms with Crippen molar-refractivity contribution < 1.29 is 9.90 Å². The molecule has 2 heterocycles. The van der Waals surface area contributed by atoms with Gasteiger partial charge in [0.25, 0.3) is 5.91 Å². The molecule has 0 saturated carbocycles. The van der Waals surface area contributed by atoms with Crippen molar-refractivity contribution in [2.24, 2.45) is 0 Å². The maximum Gasteiger partial charge on any atom is 0.270 e. The van der Waals surface area contributed by atoms with Gasteiger partial charge in [0.2, 0.25) is 0 Å². The van der Waals surface area contributed by atoms with E-state index >= 15 is 0 Å². The maximum absolute atomic E-state index is 12.2. The van der Waals surface area contributed by atoms with Gasteiger partial charge in [0.05, 0.1) is 6.61 Å². The molecule has 1 amide bonds. The molecule has 0 saturated heterocycles. The molecule has 0 aliphatic carbocycles. The summed E-state index contributed by atoms with van der Waals surface area (Å²) >= 11 is 0. The molecule has 0 atom stereocenters. The zero-order valence-corrected chi connectivity index (χ0v) is 12.1. The molecule has 2 aromatic heterocycles. The highest BCUT2D eigenvalue weighted by Crippen LogP contribution is 2.20. The van der Waals surface area contributed by atoms with Crippen molar-refractivity contribution in [1.82, 2.24) is 20.3 Å². The molecule has 2 aromatic rings. The normalized spacial score (nSPS) is 10.7. The van der Waals surface area contributed by atoms with Crippen LogP contribution in [0.25, 0.3) is 11.5 Å². The van der Waals surface area contributed by atoms with Gasteiger partial charge >= 0.3 is 0 Å². The van der Waals surface area contributed by atoms with Crippen molar-refractivity contribution in [3.63, 3.8) is 0 Å². The van der Waals surface area contributed by atoms with Crippen LogP contribution in [0, 0.1) is 0 Å². The molecule has 0 aromatic carbocycles. The van der Waals surface area contributed by atoms with Crippen molar-refractivity contribution in [2.75, 3.05) is 13.2 Å². The van der Waals surface area contributed by atoms with Crippen LogP contribution in [0.1, 0.15) is 35.8 Å². The maximum atomic E-state index is 12.2. The number of aliphatic hydroxyl groups excluding tert-OH is 1. The fourth-order valence-electron chi connectivity index (χ4n) is 1.87. The van der Waals surface area contributed by atoms with E-state index in [0.717, 1.165) is 5.56 Å². The smallest absolute Gasteiger partial charge is 0.270 e. The third-order valence-electron chi connectivity index (χ3n) is 2.95. The Morgan fingerprint density at radius 2 is 2.14 bits per heavy atom. The molecular weight excluding hydrogens is 268 g/mol. The lowest BCUT2D eigenvalue weighted by Crippen LogP contribution is -2.28. The monoisotopic (exact) mass is 286 g/mol. The van der Waals surface area contributed by atoms with Crippen LogP contribution in [0.2, 0.25) is 0 Å². The lowest BCUT2D eigenvalue weighted by Gasteiger charge is -2.12. The molecule has 6 nitrogen and oxygen atoms in total. The first-order valence-electron chi connectivity index (χ1n) is 6.81. The summed E-state index contributed by atoms with van der Waals surface area (Å²) in [7, 11) is 0. The van der Waals surface area contributed by atoms with Crippen molar-refractivity contribution >= 4 is 5.91 Å². The Labute approximate surface area is 123 Å². The second kappa shape index (κ2) is 6.90. The Bertz CT molecular complexity index is 614. The number of aliphatic hydroxyl groups is 1. The van der Waals surface area contributed by atoms with Gasteiger partial charge in [-0.05, 0) is 18.1 Å². The summed E-state index contributed by atoms with van der Waals surface area (Å²) < 4.78 is 0. The van der Waals surface area contributed by atoms with E-state index < -0.39 is 0 Å². The van der Waals surface area contributed by atoms with Gasteiger partial charge in [-0.25, -0.2) is 9.97 Å². The highest BCUT2D eigenvalue weighted by Gasteiger charge is 2.18. The Hall–Kier alpha value is -2.34. The third-order valence-corrected chi connectivity index (χ3v) is 2.95. The fraction of sp³-hybridized carbons (Fsp3) is 0.333. The first-order valence-corrected chi connectivity index (χ1v) is 6.81. The SMILES string of the molecule is CC(C)c1cnc(-c2ccccn2)nc1C(=O)NCCO. The fourth-order valence-corrected chi connectivity index (χ4v) is 1.87. The number of nitrogens with zero attached hydrogens (tertiary/aromatic N) is 3. The van der Waals surface area contributed by atoms with Crippen LogP contribution in [0.15, 0.2) is 30.6 Å². The van der Waals surface area contributed by atoms with Gasteiger partial charge in [0.1, 0.15) is 11.4 Å². The van der Waals surface area contributed by atoms with Crippen LogP contribution in [-0.4, -0.2) is 39.1 Å². The second-order valence-electron chi connectivity index (χ2n) is 4.85. The van der Waals surface area contributed by atoms with E-state index in [0.29, 0.717) is 17.2 Å². The lowest BCUT2D eigenvalue weighted by molar-refractivity contribution is 0.0938. The van der Waals surface area contributed by atoms with E-state index in [1.807, 2.05) is 19.9 Å². The van der Waals surface area contributed by atoms with Gasteiger partial charge in [-0.15, -0.1) is 0 Å². The first-order chi connectivity index (χ1) is 10.1. The van der Waals surface area contributed by atoms with E-state index in [1.54, 1.807) is 24.5 Å². The second-order valence-corrected chi connectivity index (χ2v) is 4.85. The number of nitrogens with one attached hydrogen (secondary N) is 1. The van der Waals surface area contributed by atoms with Gasteiger partial charge in [0.15, 0.2) is 5.82 Å². The standard InChI is InChI=1S/C15H18N4O2/c1-10(2)11-9-18-14(12-5-3-4-6-16-12)19-13(11)15(21)17-7-8-20/h3-6,9-10,20H,7-8H2,1-2H3,(H,17,21). The van der Waals surface area contributed by atoms with Crippen LogP contribution in [0.5, 0.6) is 0 Å². The lowest BCUT2D eigenvalue weighted by atomic mass is 10.0. The van der Waals surface area contributed by atoms with Crippen molar-refractivity contribution in [3.8, 4) is 11.5 Å². The highest BCUT2D eigenvalue weighted by atomic mass is 16.3. The molecule has 0 aliphatic heterocycles. The van der Waals surface area contributed by atoms with E-state index in [1.165, 1.54) is 0 Å². The molecule has 2 rings (SSSR count).